The molecule has 2 amide bonds. The van der Waals surface area contributed by atoms with Crippen LogP contribution in [0.15, 0.2) is 48.5 Å². The molecule has 0 saturated carbocycles. The van der Waals surface area contributed by atoms with Crippen LogP contribution in [0.4, 0.5) is 21.9 Å². The largest absolute Gasteiger partial charge is 0.465 e. The first kappa shape index (κ1) is 14.4. The van der Waals surface area contributed by atoms with Crippen LogP contribution in [-0.2, 0) is 11.2 Å². The summed E-state index contributed by atoms with van der Waals surface area (Å²) < 4.78 is 0. The van der Waals surface area contributed by atoms with Crippen LogP contribution in [0.25, 0.3) is 0 Å². The van der Waals surface area contributed by atoms with Gasteiger partial charge in [0.15, 0.2) is 0 Å². The number of carbonyl (C=O) groups is 2. The van der Waals surface area contributed by atoms with E-state index in [-0.39, 0.29) is 12.3 Å². The summed E-state index contributed by atoms with van der Waals surface area (Å²) in [4.78, 5) is 22.5. The normalized spacial score (nSPS) is 9.90. The molecule has 0 aliphatic rings. The first-order valence-corrected chi connectivity index (χ1v) is 6.27. The first-order valence-electron chi connectivity index (χ1n) is 6.27. The van der Waals surface area contributed by atoms with Crippen molar-refractivity contribution in [2.45, 2.75) is 6.42 Å². The number of anilines is 3. The number of carboxylic acid groups (broad SMARTS) is 1. The topological polar surface area (TPSA) is 104 Å². The fourth-order valence-corrected chi connectivity index (χ4v) is 1.89. The number of nitrogen functional groups attached to an aromatic ring is 1. The zero-order valence-corrected chi connectivity index (χ0v) is 11.2. The minimum atomic E-state index is -1.15. The number of hydrogen-bond donors (Lipinski definition) is 4. The highest BCUT2D eigenvalue weighted by atomic mass is 16.4. The van der Waals surface area contributed by atoms with Crippen molar-refractivity contribution in [1.29, 1.82) is 0 Å². The summed E-state index contributed by atoms with van der Waals surface area (Å²) >= 11 is 0. The molecular weight excluding hydrogens is 270 g/mol. The van der Waals surface area contributed by atoms with Gasteiger partial charge in [0.25, 0.3) is 0 Å². The average Bonchev–Trinajstić information content (AvgIpc) is 2.37. The number of rotatable bonds is 4. The van der Waals surface area contributed by atoms with Crippen molar-refractivity contribution in [3.05, 3.63) is 54.1 Å². The van der Waals surface area contributed by atoms with Gasteiger partial charge < -0.3 is 16.2 Å². The van der Waals surface area contributed by atoms with E-state index in [0.29, 0.717) is 17.1 Å². The molecule has 0 fully saturated rings. The summed E-state index contributed by atoms with van der Waals surface area (Å²) in [5.41, 5.74) is 7.99. The van der Waals surface area contributed by atoms with Crippen LogP contribution < -0.4 is 16.4 Å². The second kappa shape index (κ2) is 6.42. The Labute approximate surface area is 121 Å². The van der Waals surface area contributed by atoms with Crippen molar-refractivity contribution in [1.82, 2.24) is 0 Å². The maximum absolute atomic E-state index is 11.9. The summed E-state index contributed by atoms with van der Waals surface area (Å²) in [6, 6.07) is 13.6. The highest BCUT2D eigenvalue weighted by molar-refractivity contribution is 5.93. The zero-order chi connectivity index (χ0) is 15.2. The van der Waals surface area contributed by atoms with Crippen molar-refractivity contribution in [3.63, 3.8) is 0 Å². The number of hydrogen-bond acceptors (Lipinski definition) is 3. The Morgan fingerprint density at radius 1 is 1.00 bits per heavy atom. The van der Waals surface area contributed by atoms with Gasteiger partial charge >= 0.3 is 6.09 Å². The molecule has 0 heterocycles. The molecule has 2 aromatic rings. The smallest absolute Gasteiger partial charge is 0.409 e. The van der Waals surface area contributed by atoms with Gasteiger partial charge in [-0.25, -0.2) is 4.79 Å². The van der Waals surface area contributed by atoms with Crippen LogP contribution in [0.1, 0.15) is 5.56 Å². The van der Waals surface area contributed by atoms with Gasteiger partial charge in [-0.3, -0.25) is 10.1 Å². The molecule has 0 unspecified atom stereocenters. The highest BCUT2D eigenvalue weighted by Gasteiger charge is 2.06. The molecular formula is C15H15N3O3. The number of nitrogens with one attached hydrogen (secondary N) is 2. The maximum atomic E-state index is 11.9. The molecule has 6 heteroatoms. The van der Waals surface area contributed by atoms with Crippen LogP contribution in [0.5, 0.6) is 0 Å². The standard InChI is InChI=1S/C15H15N3O3/c16-11-4-1-3-10(7-11)8-14(19)17-12-5-2-6-13(9-12)18-15(20)21/h1-7,9,18H,8,16H2,(H,17,19)(H,20,21). The van der Waals surface area contributed by atoms with Crippen molar-refractivity contribution < 1.29 is 14.7 Å². The lowest BCUT2D eigenvalue weighted by Gasteiger charge is -2.08. The lowest BCUT2D eigenvalue weighted by molar-refractivity contribution is -0.115. The van der Waals surface area contributed by atoms with Crippen molar-refractivity contribution >= 4 is 29.1 Å². The van der Waals surface area contributed by atoms with E-state index in [9.17, 15) is 9.59 Å². The molecule has 0 aromatic heterocycles. The molecule has 108 valence electrons. The molecule has 0 radical (unpaired) electrons. The Bertz CT molecular complexity index is 671. The average molecular weight is 285 g/mol. The fraction of sp³-hybridized carbons (Fsp3) is 0.0667. The van der Waals surface area contributed by atoms with Crippen molar-refractivity contribution in [3.8, 4) is 0 Å². The minimum Gasteiger partial charge on any atom is -0.465 e. The summed E-state index contributed by atoms with van der Waals surface area (Å²) in [5.74, 6) is -0.201. The zero-order valence-electron chi connectivity index (χ0n) is 11.2. The molecule has 5 N–H and O–H groups in total. The second-order valence-corrected chi connectivity index (χ2v) is 4.48. The van der Waals surface area contributed by atoms with Crippen molar-refractivity contribution in [2.75, 3.05) is 16.4 Å². The van der Waals surface area contributed by atoms with Gasteiger partial charge in [-0.1, -0.05) is 18.2 Å². The van der Waals surface area contributed by atoms with E-state index in [1.165, 1.54) is 0 Å². The number of benzene rings is 2. The van der Waals surface area contributed by atoms with Crippen LogP contribution >= 0.6 is 0 Å². The molecule has 0 atom stereocenters. The quantitative estimate of drug-likeness (QED) is 0.648. The molecule has 0 spiro atoms. The lowest BCUT2D eigenvalue weighted by atomic mass is 10.1. The maximum Gasteiger partial charge on any atom is 0.409 e. The van der Waals surface area contributed by atoms with Gasteiger partial charge in [-0.05, 0) is 35.9 Å². The molecule has 0 saturated heterocycles. The third kappa shape index (κ3) is 4.54. The first-order chi connectivity index (χ1) is 10.0. The number of carbonyl (C=O) groups excluding carboxylic acids is 1. The van der Waals surface area contributed by atoms with E-state index in [4.69, 9.17) is 10.8 Å². The van der Waals surface area contributed by atoms with E-state index < -0.39 is 6.09 Å². The van der Waals surface area contributed by atoms with E-state index in [2.05, 4.69) is 10.6 Å². The molecule has 0 aliphatic carbocycles. The molecule has 2 rings (SSSR count). The third-order valence-corrected chi connectivity index (χ3v) is 2.71. The Balaban J connectivity index is 2.01. The summed E-state index contributed by atoms with van der Waals surface area (Å²) in [7, 11) is 0. The molecule has 21 heavy (non-hydrogen) atoms. The Morgan fingerprint density at radius 3 is 2.33 bits per heavy atom. The van der Waals surface area contributed by atoms with Gasteiger partial charge in [0.05, 0.1) is 6.42 Å². The molecule has 0 bridgehead atoms. The van der Waals surface area contributed by atoms with Gasteiger partial charge in [0.2, 0.25) is 5.91 Å². The monoisotopic (exact) mass is 285 g/mol. The molecule has 6 nitrogen and oxygen atoms in total. The van der Waals surface area contributed by atoms with E-state index in [1.54, 1.807) is 42.5 Å². The predicted octanol–water partition coefficient (Wildman–Crippen LogP) is 2.54. The van der Waals surface area contributed by atoms with Crippen LogP contribution in [0.2, 0.25) is 0 Å². The summed E-state index contributed by atoms with van der Waals surface area (Å²) in [6.45, 7) is 0. The van der Waals surface area contributed by atoms with Gasteiger partial charge in [0.1, 0.15) is 0 Å². The Kier molecular flexibility index (Phi) is 4.40. The van der Waals surface area contributed by atoms with E-state index in [0.717, 1.165) is 5.56 Å². The molecule has 0 aliphatic heterocycles. The van der Waals surface area contributed by atoms with E-state index in [1.807, 2.05) is 6.07 Å². The lowest BCUT2D eigenvalue weighted by Crippen LogP contribution is -2.15. The van der Waals surface area contributed by atoms with Crippen LogP contribution in [-0.4, -0.2) is 17.1 Å². The Hall–Kier alpha value is -3.02. The SMILES string of the molecule is Nc1cccc(CC(=O)Nc2cccc(NC(=O)O)c2)c1. The summed E-state index contributed by atoms with van der Waals surface area (Å²) in [6.07, 6.45) is -0.958. The number of nitrogens with two attached hydrogens (primary N) is 1. The van der Waals surface area contributed by atoms with Crippen LogP contribution in [0, 0.1) is 0 Å². The second-order valence-electron chi connectivity index (χ2n) is 4.48. The van der Waals surface area contributed by atoms with Gasteiger partial charge in [0, 0.05) is 17.1 Å². The summed E-state index contributed by atoms with van der Waals surface area (Å²) in [5, 5.41) is 13.6. The van der Waals surface area contributed by atoms with Gasteiger partial charge in [-0.15, -0.1) is 0 Å². The van der Waals surface area contributed by atoms with Crippen LogP contribution in [0.3, 0.4) is 0 Å². The highest BCUT2D eigenvalue weighted by Crippen LogP contribution is 2.15. The fourth-order valence-electron chi connectivity index (χ4n) is 1.89. The Morgan fingerprint density at radius 2 is 1.67 bits per heavy atom. The predicted molar refractivity (Wildman–Crippen MR) is 81.3 cm³/mol. The van der Waals surface area contributed by atoms with Gasteiger partial charge in [-0.2, -0.15) is 0 Å². The molecule has 2 aromatic carbocycles. The van der Waals surface area contributed by atoms with E-state index >= 15 is 0 Å². The minimum absolute atomic E-state index is 0.196. The third-order valence-electron chi connectivity index (χ3n) is 2.71. The number of amides is 2. The van der Waals surface area contributed by atoms with Crippen molar-refractivity contribution in [2.24, 2.45) is 0 Å².